The molecule has 0 bridgehead atoms. The molecule has 0 spiro atoms. The molecule has 1 aromatic carbocycles. The molecule has 19 heavy (non-hydrogen) atoms. The minimum absolute atomic E-state index is 0.242. The molecular weight excluding hydrogens is 238 g/mol. The third-order valence-corrected chi connectivity index (χ3v) is 4.14. The fourth-order valence-electron chi connectivity index (χ4n) is 2.82. The summed E-state index contributed by atoms with van der Waals surface area (Å²) in [5, 5.41) is 3.64. The minimum atomic E-state index is 0.242. The van der Waals surface area contributed by atoms with Crippen molar-refractivity contribution in [3.8, 4) is 5.75 Å². The van der Waals surface area contributed by atoms with Crippen LogP contribution < -0.4 is 10.1 Å². The second kappa shape index (κ2) is 5.93. The molecule has 1 N–H and O–H groups in total. The van der Waals surface area contributed by atoms with Crippen molar-refractivity contribution < 1.29 is 9.47 Å². The Kier molecular flexibility index (Phi) is 4.04. The molecule has 0 amide bonds. The van der Waals surface area contributed by atoms with Gasteiger partial charge in [0.1, 0.15) is 5.75 Å². The smallest absolute Gasteiger partial charge is 0.118 e. The lowest BCUT2D eigenvalue weighted by Gasteiger charge is -2.32. The first-order valence-corrected chi connectivity index (χ1v) is 7.36. The number of rotatable bonds is 5. The molecule has 104 valence electrons. The van der Waals surface area contributed by atoms with Gasteiger partial charge in [-0.3, -0.25) is 0 Å². The van der Waals surface area contributed by atoms with Gasteiger partial charge >= 0.3 is 0 Å². The number of methoxy groups -OCH3 is 1. The first kappa shape index (κ1) is 12.9. The number of benzene rings is 1. The molecule has 2 aliphatic rings. The van der Waals surface area contributed by atoms with Gasteiger partial charge in [0.15, 0.2) is 0 Å². The predicted molar refractivity (Wildman–Crippen MR) is 75.4 cm³/mol. The molecule has 1 saturated carbocycles. The van der Waals surface area contributed by atoms with Gasteiger partial charge in [-0.15, -0.1) is 0 Å². The third-order valence-electron chi connectivity index (χ3n) is 4.14. The lowest BCUT2D eigenvalue weighted by Crippen LogP contribution is -2.32. The van der Waals surface area contributed by atoms with Crippen molar-refractivity contribution >= 4 is 0 Å². The van der Waals surface area contributed by atoms with Crippen LogP contribution in [0.1, 0.15) is 37.4 Å². The average molecular weight is 261 g/mol. The van der Waals surface area contributed by atoms with Gasteiger partial charge in [0.2, 0.25) is 0 Å². The van der Waals surface area contributed by atoms with Crippen LogP contribution in [0.15, 0.2) is 24.3 Å². The molecular formula is C16H23NO2. The van der Waals surface area contributed by atoms with Gasteiger partial charge in [0.25, 0.3) is 0 Å². The van der Waals surface area contributed by atoms with Crippen LogP contribution in [0.2, 0.25) is 0 Å². The van der Waals surface area contributed by atoms with E-state index in [9.17, 15) is 0 Å². The van der Waals surface area contributed by atoms with Gasteiger partial charge in [-0.2, -0.15) is 0 Å². The first-order chi connectivity index (χ1) is 9.36. The monoisotopic (exact) mass is 261 g/mol. The summed E-state index contributed by atoms with van der Waals surface area (Å²) in [5.74, 6) is 1.51. The third kappa shape index (κ3) is 3.28. The molecule has 2 atom stereocenters. The molecule has 1 aromatic rings. The van der Waals surface area contributed by atoms with E-state index in [4.69, 9.17) is 9.47 Å². The Labute approximate surface area is 115 Å². The summed E-state index contributed by atoms with van der Waals surface area (Å²) in [6.07, 6.45) is 5.38. The highest BCUT2D eigenvalue weighted by molar-refractivity contribution is 5.29. The topological polar surface area (TPSA) is 30.5 Å². The first-order valence-electron chi connectivity index (χ1n) is 7.36. The average Bonchev–Trinajstić information content (AvgIpc) is 3.30. The van der Waals surface area contributed by atoms with Crippen molar-refractivity contribution in [2.24, 2.45) is 5.92 Å². The minimum Gasteiger partial charge on any atom is -0.497 e. The van der Waals surface area contributed by atoms with Crippen LogP contribution >= 0.6 is 0 Å². The maximum atomic E-state index is 6.02. The fraction of sp³-hybridized carbons (Fsp3) is 0.625. The van der Waals surface area contributed by atoms with E-state index in [1.54, 1.807) is 7.11 Å². The highest BCUT2D eigenvalue weighted by atomic mass is 16.5. The standard InChI is InChI=1S/C16H23NO2/c1-18-15-8-4-12(5-9-15)16-13(3-2-10-19-16)11-17-14-6-7-14/h4-5,8-9,13-14,16-17H,2-3,6-7,10-11H2,1H3. The summed E-state index contributed by atoms with van der Waals surface area (Å²) in [6.45, 7) is 1.97. The van der Waals surface area contributed by atoms with E-state index in [-0.39, 0.29) is 6.10 Å². The van der Waals surface area contributed by atoms with E-state index in [0.29, 0.717) is 5.92 Å². The summed E-state index contributed by atoms with van der Waals surface area (Å²) < 4.78 is 11.2. The SMILES string of the molecule is COc1ccc(C2OCCCC2CNC2CC2)cc1. The molecule has 0 aromatic heterocycles. The van der Waals surface area contributed by atoms with Crippen molar-refractivity contribution in [2.75, 3.05) is 20.3 Å². The second-order valence-electron chi connectivity index (χ2n) is 5.65. The number of hydrogen-bond acceptors (Lipinski definition) is 3. The highest BCUT2D eigenvalue weighted by Crippen LogP contribution is 2.34. The molecule has 1 aliphatic carbocycles. The molecule has 1 heterocycles. The zero-order chi connectivity index (χ0) is 13.1. The zero-order valence-electron chi connectivity index (χ0n) is 11.6. The van der Waals surface area contributed by atoms with Gasteiger partial charge in [0.05, 0.1) is 13.2 Å². The van der Waals surface area contributed by atoms with Crippen molar-refractivity contribution in [3.05, 3.63) is 29.8 Å². The Hall–Kier alpha value is -1.06. The van der Waals surface area contributed by atoms with Gasteiger partial charge in [-0.1, -0.05) is 12.1 Å². The van der Waals surface area contributed by atoms with Crippen LogP contribution in [0, 0.1) is 5.92 Å². The number of nitrogens with one attached hydrogen (secondary N) is 1. The summed E-state index contributed by atoms with van der Waals surface area (Å²) in [5.41, 5.74) is 1.28. The molecule has 3 rings (SSSR count). The molecule has 1 aliphatic heterocycles. The number of hydrogen-bond donors (Lipinski definition) is 1. The molecule has 0 radical (unpaired) electrons. The van der Waals surface area contributed by atoms with Crippen LogP contribution in [0.4, 0.5) is 0 Å². The highest BCUT2D eigenvalue weighted by Gasteiger charge is 2.29. The van der Waals surface area contributed by atoms with Crippen LogP contribution in [0.3, 0.4) is 0 Å². The summed E-state index contributed by atoms with van der Waals surface area (Å²) >= 11 is 0. The van der Waals surface area contributed by atoms with Crippen molar-refractivity contribution in [2.45, 2.75) is 37.8 Å². The molecule has 3 nitrogen and oxygen atoms in total. The van der Waals surface area contributed by atoms with Crippen LogP contribution in [-0.2, 0) is 4.74 Å². The maximum Gasteiger partial charge on any atom is 0.118 e. The quantitative estimate of drug-likeness (QED) is 0.884. The second-order valence-corrected chi connectivity index (χ2v) is 5.65. The molecule has 2 unspecified atom stereocenters. The van der Waals surface area contributed by atoms with E-state index in [2.05, 4.69) is 17.4 Å². The van der Waals surface area contributed by atoms with Gasteiger partial charge in [0, 0.05) is 25.1 Å². The molecule has 3 heteroatoms. The fourth-order valence-corrected chi connectivity index (χ4v) is 2.82. The van der Waals surface area contributed by atoms with Crippen LogP contribution in [-0.4, -0.2) is 26.3 Å². The van der Waals surface area contributed by atoms with Crippen molar-refractivity contribution in [1.29, 1.82) is 0 Å². The van der Waals surface area contributed by atoms with Gasteiger partial charge < -0.3 is 14.8 Å². The summed E-state index contributed by atoms with van der Waals surface area (Å²) in [4.78, 5) is 0. The largest absolute Gasteiger partial charge is 0.497 e. The van der Waals surface area contributed by atoms with E-state index >= 15 is 0 Å². The van der Waals surface area contributed by atoms with Crippen LogP contribution in [0.25, 0.3) is 0 Å². The Morgan fingerprint density at radius 1 is 1.21 bits per heavy atom. The molecule has 2 fully saturated rings. The maximum absolute atomic E-state index is 6.02. The summed E-state index contributed by atoms with van der Waals surface area (Å²) in [6, 6.07) is 9.10. The number of ether oxygens (including phenoxy) is 2. The lowest BCUT2D eigenvalue weighted by molar-refractivity contribution is -0.0278. The Morgan fingerprint density at radius 3 is 2.68 bits per heavy atom. The van der Waals surface area contributed by atoms with Gasteiger partial charge in [-0.25, -0.2) is 0 Å². The Morgan fingerprint density at radius 2 is 2.00 bits per heavy atom. The Bertz CT molecular complexity index is 400. The summed E-state index contributed by atoms with van der Waals surface area (Å²) in [7, 11) is 1.70. The van der Waals surface area contributed by atoms with E-state index in [1.165, 1.54) is 31.2 Å². The van der Waals surface area contributed by atoms with E-state index < -0.39 is 0 Å². The normalized spacial score (nSPS) is 27.2. The lowest BCUT2D eigenvalue weighted by atomic mass is 9.89. The predicted octanol–water partition coefficient (Wildman–Crippen LogP) is 2.91. The molecule has 1 saturated heterocycles. The van der Waals surface area contributed by atoms with E-state index in [0.717, 1.165) is 24.9 Å². The van der Waals surface area contributed by atoms with E-state index in [1.807, 2.05) is 12.1 Å². The van der Waals surface area contributed by atoms with Crippen molar-refractivity contribution in [1.82, 2.24) is 5.32 Å². The van der Waals surface area contributed by atoms with Crippen LogP contribution in [0.5, 0.6) is 5.75 Å². The Balaban J connectivity index is 1.66. The van der Waals surface area contributed by atoms with Gasteiger partial charge in [-0.05, 0) is 43.4 Å². The zero-order valence-corrected chi connectivity index (χ0v) is 11.6. The van der Waals surface area contributed by atoms with Crippen molar-refractivity contribution in [3.63, 3.8) is 0 Å².